The summed E-state index contributed by atoms with van der Waals surface area (Å²) in [6.07, 6.45) is 1.02. The number of methoxy groups -OCH3 is 1. The number of hydrogen-bond donors (Lipinski definition) is 1. The van der Waals surface area contributed by atoms with Crippen molar-refractivity contribution < 1.29 is 14.3 Å². The van der Waals surface area contributed by atoms with Crippen molar-refractivity contribution in [2.75, 3.05) is 17.3 Å². The molecule has 31 heavy (non-hydrogen) atoms. The first kappa shape index (κ1) is 19.6. The Morgan fingerprint density at radius 3 is 2.45 bits per heavy atom. The van der Waals surface area contributed by atoms with Gasteiger partial charge >= 0.3 is 0 Å². The number of anilines is 2. The van der Waals surface area contributed by atoms with Crippen molar-refractivity contribution in [2.24, 2.45) is 0 Å². The second-order valence-corrected chi connectivity index (χ2v) is 7.95. The van der Waals surface area contributed by atoms with Gasteiger partial charge in [0.1, 0.15) is 5.75 Å². The maximum atomic E-state index is 12.2. The molecule has 2 aromatic carbocycles. The number of hydrogen-bond acceptors (Lipinski definition) is 6. The number of carbonyl (C=O) groups is 2. The van der Waals surface area contributed by atoms with Gasteiger partial charge in [-0.3, -0.25) is 9.59 Å². The number of nitrogens with one attached hydrogen (secondary N) is 1. The Hall–Kier alpha value is -3.39. The number of imide groups is 1. The third kappa shape index (κ3) is 3.42. The van der Waals surface area contributed by atoms with E-state index in [4.69, 9.17) is 16.3 Å². The van der Waals surface area contributed by atoms with E-state index < -0.39 is 0 Å². The SMILES string of the molecule is COc1ccc([C@@H]2C[C@H](c3ccccc3Cl)n3nc(N4C(=O)CCC4=O)nc3N2)cc1. The molecule has 0 spiro atoms. The minimum Gasteiger partial charge on any atom is -0.497 e. The van der Waals surface area contributed by atoms with Crippen LogP contribution >= 0.6 is 11.6 Å². The van der Waals surface area contributed by atoms with E-state index >= 15 is 0 Å². The van der Waals surface area contributed by atoms with E-state index in [9.17, 15) is 9.59 Å². The third-order valence-electron chi connectivity index (χ3n) is 5.71. The highest BCUT2D eigenvalue weighted by molar-refractivity contribution is 6.31. The number of nitrogens with zero attached hydrogens (tertiary/aromatic N) is 4. The molecule has 5 rings (SSSR count). The van der Waals surface area contributed by atoms with E-state index in [0.29, 0.717) is 17.4 Å². The normalized spacial score (nSPS) is 20.5. The maximum absolute atomic E-state index is 12.2. The fourth-order valence-corrected chi connectivity index (χ4v) is 4.38. The smallest absolute Gasteiger partial charge is 0.260 e. The molecular formula is C22H20ClN5O3. The lowest BCUT2D eigenvalue weighted by Crippen LogP contribution is -2.30. The summed E-state index contributed by atoms with van der Waals surface area (Å²) in [7, 11) is 1.63. The first-order valence-electron chi connectivity index (χ1n) is 10.0. The minimum absolute atomic E-state index is 0.0679. The molecule has 0 saturated carbocycles. The van der Waals surface area contributed by atoms with E-state index in [-0.39, 0.29) is 42.7 Å². The van der Waals surface area contributed by atoms with Crippen LogP contribution in [0.25, 0.3) is 0 Å². The standard InChI is InChI=1S/C22H20ClN5O3/c1-31-14-8-6-13(7-9-14)17-12-18(15-4-2-3-5-16(15)23)28-21(24-17)25-22(26-28)27-19(29)10-11-20(27)30/h2-9,17-18H,10-12H2,1H3,(H,24,25,26)/t17-,18+/m0/s1. The zero-order valence-corrected chi connectivity index (χ0v) is 17.5. The van der Waals surface area contributed by atoms with Crippen LogP contribution in [0.2, 0.25) is 5.02 Å². The Balaban J connectivity index is 1.57. The van der Waals surface area contributed by atoms with Crippen molar-refractivity contribution >= 4 is 35.3 Å². The van der Waals surface area contributed by atoms with Crippen LogP contribution in [-0.4, -0.2) is 33.7 Å². The number of carbonyl (C=O) groups excluding carboxylic acids is 2. The van der Waals surface area contributed by atoms with Gasteiger partial charge in [0.2, 0.25) is 17.8 Å². The van der Waals surface area contributed by atoms with Gasteiger partial charge in [-0.2, -0.15) is 4.98 Å². The Morgan fingerprint density at radius 1 is 1.06 bits per heavy atom. The summed E-state index contributed by atoms with van der Waals surface area (Å²) in [5, 5.41) is 8.56. The van der Waals surface area contributed by atoms with Gasteiger partial charge in [0, 0.05) is 17.9 Å². The van der Waals surface area contributed by atoms with E-state index in [1.165, 1.54) is 0 Å². The second-order valence-electron chi connectivity index (χ2n) is 7.55. The van der Waals surface area contributed by atoms with Crippen molar-refractivity contribution in [1.82, 2.24) is 14.8 Å². The van der Waals surface area contributed by atoms with E-state index in [2.05, 4.69) is 15.4 Å². The maximum Gasteiger partial charge on any atom is 0.260 e. The van der Waals surface area contributed by atoms with Crippen LogP contribution in [0.3, 0.4) is 0 Å². The summed E-state index contributed by atoms with van der Waals surface area (Å²) in [5.41, 5.74) is 1.96. The molecule has 2 aliphatic rings. The molecule has 0 radical (unpaired) electrons. The fourth-order valence-electron chi connectivity index (χ4n) is 4.12. The van der Waals surface area contributed by atoms with Crippen molar-refractivity contribution in [2.45, 2.75) is 31.3 Å². The Labute approximate surface area is 183 Å². The number of rotatable bonds is 4. The number of benzene rings is 2. The summed E-state index contributed by atoms with van der Waals surface area (Å²) >= 11 is 6.52. The first-order chi connectivity index (χ1) is 15.0. The highest BCUT2D eigenvalue weighted by Gasteiger charge is 2.37. The van der Waals surface area contributed by atoms with Crippen LogP contribution in [0.1, 0.15) is 42.5 Å². The van der Waals surface area contributed by atoms with Gasteiger partial charge in [0.05, 0.1) is 19.2 Å². The highest BCUT2D eigenvalue weighted by atomic mass is 35.5. The molecule has 1 N–H and O–H groups in total. The van der Waals surface area contributed by atoms with Gasteiger partial charge in [-0.25, -0.2) is 9.58 Å². The van der Waals surface area contributed by atoms with Crippen LogP contribution < -0.4 is 15.0 Å². The molecule has 158 valence electrons. The Bertz CT molecular complexity index is 1140. The fraction of sp³-hybridized carbons (Fsp3) is 0.273. The predicted molar refractivity (Wildman–Crippen MR) is 115 cm³/mol. The van der Waals surface area contributed by atoms with Crippen molar-refractivity contribution in [3.8, 4) is 5.75 Å². The van der Waals surface area contributed by atoms with E-state index in [0.717, 1.165) is 21.8 Å². The number of amides is 2. The van der Waals surface area contributed by atoms with Crippen LogP contribution in [0, 0.1) is 0 Å². The topological polar surface area (TPSA) is 89.4 Å². The second kappa shape index (κ2) is 7.70. The van der Waals surface area contributed by atoms with E-state index in [1.807, 2.05) is 48.5 Å². The molecule has 2 amide bonds. The van der Waals surface area contributed by atoms with E-state index in [1.54, 1.807) is 11.8 Å². The van der Waals surface area contributed by atoms with Gasteiger partial charge < -0.3 is 10.1 Å². The lowest BCUT2D eigenvalue weighted by Gasteiger charge is -2.32. The molecule has 3 heterocycles. The van der Waals surface area contributed by atoms with Crippen LogP contribution in [0.15, 0.2) is 48.5 Å². The molecule has 0 aliphatic carbocycles. The molecule has 1 fully saturated rings. The molecule has 2 aliphatic heterocycles. The molecule has 3 aromatic rings. The lowest BCUT2D eigenvalue weighted by atomic mass is 9.93. The van der Waals surface area contributed by atoms with Crippen LogP contribution in [0.4, 0.5) is 11.9 Å². The largest absolute Gasteiger partial charge is 0.497 e. The molecule has 0 unspecified atom stereocenters. The predicted octanol–water partition coefficient (Wildman–Crippen LogP) is 3.74. The molecule has 1 saturated heterocycles. The Kier molecular flexibility index (Phi) is 4.86. The highest BCUT2D eigenvalue weighted by Crippen LogP contribution is 2.41. The first-order valence-corrected chi connectivity index (χ1v) is 10.4. The number of ether oxygens (including phenoxy) is 1. The number of fused-ring (bicyclic) bond motifs is 1. The van der Waals surface area contributed by atoms with Crippen molar-refractivity contribution in [3.63, 3.8) is 0 Å². The van der Waals surface area contributed by atoms with Gasteiger partial charge in [0.25, 0.3) is 5.95 Å². The van der Waals surface area contributed by atoms with Gasteiger partial charge in [-0.05, 0) is 35.7 Å². The van der Waals surface area contributed by atoms with Crippen LogP contribution in [-0.2, 0) is 9.59 Å². The summed E-state index contributed by atoms with van der Waals surface area (Å²) < 4.78 is 6.98. The zero-order valence-electron chi connectivity index (χ0n) is 16.8. The molecule has 1 aromatic heterocycles. The third-order valence-corrected chi connectivity index (χ3v) is 6.06. The summed E-state index contributed by atoms with van der Waals surface area (Å²) in [5.74, 6) is 0.795. The molecule has 9 heteroatoms. The lowest BCUT2D eigenvalue weighted by molar-refractivity contribution is -0.121. The molecule has 2 atom stereocenters. The van der Waals surface area contributed by atoms with Gasteiger partial charge in [-0.15, -0.1) is 5.10 Å². The number of halogens is 1. The molecular weight excluding hydrogens is 418 g/mol. The number of aromatic nitrogens is 3. The zero-order chi connectivity index (χ0) is 21.5. The minimum atomic E-state index is -0.283. The average molecular weight is 438 g/mol. The quantitative estimate of drug-likeness (QED) is 0.625. The van der Waals surface area contributed by atoms with Crippen molar-refractivity contribution in [1.29, 1.82) is 0 Å². The monoisotopic (exact) mass is 437 g/mol. The van der Waals surface area contributed by atoms with Crippen molar-refractivity contribution in [3.05, 3.63) is 64.7 Å². The summed E-state index contributed by atoms with van der Waals surface area (Å²) in [6.45, 7) is 0. The van der Waals surface area contributed by atoms with Gasteiger partial charge in [-0.1, -0.05) is 41.9 Å². The summed E-state index contributed by atoms with van der Waals surface area (Å²) in [6, 6.07) is 15.1. The Morgan fingerprint density at radius 2 is 1.77 bits per heavy atom. The van der Waals surface area contributed by atoms with Crippen LogP contribution in [0.5, 0.6) is 5.75 Å². The molecule has 0 bridgehead atoms. The summed E-state index contributed by atoms with van der Waals surface area (Å²) in [4.78, 5) is 30.0. The average Bonchev–Trinajstić information content (AvgIpc) is 3.35. The molecule has 8 nitrogen and oxygen atoms in total. The van der Waals surface area contributed by atoms with Gasteiger partial charge in [0.15, 0.2) is 0 Å².